The smallest absolute Gasteiger partial charge is 0.261 e. The second-order valence-corrected chi connectivity index (χ2v) is 8.91. The first-order valence-electron chi connectivity index (χ1n) is 12.6. The van der Waals surface area contributed by atoms with Gasteiger partial charge in [-0.3, -0.25) is 19.3 Å². The Balaban J connectivity index is 1.41. The molecule has 0 aromatic heterocycles. The van der Waals surface area contributed by atoms with E-state index in [9.17, 15) is 14.4 Å². The highest BCUT2D eigenvalue weighted by Crippen LogP contribution is 2.32. The number of methoxy groups -OCH3 is 1. The zero-order chi connectivity index (χ0) is 26.6. The van der Waals surface area contributed by atoms with Crippen molar-refractivity contribution in [3.63, 3.8) is 0 Å². The summed E-state index contributed by atoms with van der Waals surface area (Å²) in [6, 6.07) is 25.2. The normalized spacial score (nSPS) is 12.5. The maximum Gasteiger partial charge on any atom is 0.261 e. The van der Waals surface area contributed by atoms with Gasteiger partial charge >= 0.3 is 0 Å². The number of anilines is 1. The number of rotatable bonds is 9. The molecule has 0 radical (unpaired) electrons. The summed E-state index contributed by atoms with van der Waals surface area (Å²) < 4.78 is 11.0. The summed E-state index contributed by atoms with van der Waals surface area (Å²) in [6.07, 6.45) is 0.387. The zero-order valence-electron chi connectivity index (χ0n) is 21.3. The number of ether oxygens (including phenoxy) is 2. The molecule has 4 aromatic carbocycles. The van der Waals surface area contributed by atoms with Crippen molar-refractivity contribution in [3.8, 4) is 11.5 Å². The van der Waals surface area contributed by atoms with Crippen molar-refractivity contribution in [1.29, 1.82) is 0 Å². The van der Waals surface area contributed by atoms with Gasteiger partial charge in [0.25, 0.3) is 17.7 Å². The molecule has 1 heterocycles. The van der Waals surface area contributed by atoms with Crippen LogP contribution in [0.15, 0.2) is 84.9 Å². The number of imide groups is 1. The number of carbonyl (C=O) groups excluding carboxylic acids is 3. The summed E-state index contributed by atoms with van der Waals surface area (Å²) in [5.74, 6) is 0.387. The van der Waals surface area contributed by atoms with E-state index in [-0.39, 0.29) is 30.8 Å². The van der Waals surface area contributed by atoms with E-state index in [4.69, 9.17) is 9.47 Å². The number of hydrogen-bond donors (Lipinski definition) is 0. The van der Waals surface area contributed by atoms with Crippen molar-refractivity contribution < 1.29 is 23.9 Å². The Labute approximate surface area is 221 Å². The maximum atomic E-state index is 13.7. The van der Waals surface area contributed by atoms with Crippen LogP contribution in [-0.2, 0) is 0 Å². The lowest BCUT2D eigenvalue weighted by atomic mass is 9.94. The summed E-state index contributed by atoms with van der Waals surface area (Å²) in [7, 11) is 1.57. The van der Waals surface area contributed by atoms with Crippen molar-refractivity contribution in [3.05, 3.63) is 102 Å². The van der Waals surface area contributed by atoms with Gasteiger partial charge in [0, 0.05) is 35.2 Å². The van der Waals surface area contributed by atoms with Gasteiger partial charge < -0.3 is 14.4 Å². The van der Waals surface area contributed by atoms with Crippen LogP contribution in [0.25, 0.3) is 10.8 Å². The van der Waals surface area contributed by atoms with Crippen LogP contribution in [0.4, 0.5) is 5.69 Å². The van der Waals surface area contributed by atoms with Crippen LogP contribution < -0.4 is 14.4 Å². The van der Waals surface area contributed by atoms with Gasteiger partial charge in [-0.25, -0.2) is 0 Å². The molecule has 0 saturated carbocycles. The van der Waals surface area contributed by atoms with Gasteiger partial charge in [-0.1, -0.05) is 36.4 Å². The van der Waals surface area contributed by atoms with Gasteiger partial charge in [-0.15, -0.1) is 0 Å². The van der Waals surface area contributed by atoms with Crippen LogP contribution >= 0.6 is 0 Å². The minimum absolute atomic E-state index is 0.172. The van der Waals surface area contributed by atoms with E-state index in [1.54, 1.807) is 48.4 Å². The monoisotopic (exact) mass is 508 g/mol. The molecule has 0 N–H and O–H groups in total. The fourth-order valence-electron chi connectivity index (χ4n) is 4.85. The highest BCUT2D eigenvalue weighted by Gasteiger charge is 2.32. The first-order chi connectivity index (χ1) is 18.5. The minimum Gasteiger partial charge on any atom is -0.497 e. The predicted octanol–water partition coefficient (Wildman–Crippen LogP) is 5.58. The summed E-state index contributed by atoms with van der Waals surface area (Å²) in [5, 5.41) is 1.56. The highest BCUT2D eigenvalue weighted by atomic mass is 16.5. The lowest BCUT2D eigenvalue weighted by Gasteiger charge is -2.29. The Hall–Kier alpha value is -4.65. The molecular weight excluding hydrogens is 480 g/mol. The SMILES string of the molecule is CCOc1ccccc1N(CCCN1C(=O)c2cccc3cccc(c23)C1=O)C(=O)c1ccc(OC)cc1. The second-order valence-electron chi connectivity index (χ2n) is 8.91. The summed E-state index contributed by atoms with van der Waals surface area (Å²) in [4.78, 5) is 43.2. The van der Waals surface area contributed by atoms with E-state index in [2.05, 4.69) is 0 Å². The van der Waals surface area contributed by atoms with Crippen LogP contribution in [0, 0.1) is 0 Å². The number of nitrogens with zero attached hydrogens (tertiary/aromatic N) is 2. The first-order valence-corrected chi connectivity index (χ1v) is 12.6. The third-order valence-electron chi connectivity index (χ3n) is 6.66. The Bertz CT molecular complexity index is 1460. The van der Waals surface area contributed by atoms with Crippen molar-refractivity contribution in [1.82, 2.24) is 4.90 Å². The maximum absolute atomic E-state index is 13.7. The standard InChI is InChI=1S/C31H28N2O5/c1-3-38-27-14-5-4-13-26(27)32(29(34)22-15-17-23(37-2)18-16-22)19-8-20-33-30(35)24-11-6-9-21-10-7-12-25(28(21)24)31(33)36/h4-7,9-18H,3,8,19-20H2,1-2H3. The van der Waals surface area contributed by atoms with E-state index < -0.39 is 0 Å². The van der Waals surface area contributed by atoms with E-state index in [0.717, 1.165) is 5.39 Å². The molecule has 0 unspecified atom stereocenters. The van der Waals surface area contributed by atoms with Crippen LogP contribution in [0.1, 0.15) is 44.4 Å². The highest BCUT2D eigenvalue weighted by molar-refractivity contribution is 6.25. The minimum atomic E-state index is -0.318. The molecule has 0 fully saturated rings. The van der Waals surface area contributed by atoms with E-state index in [1.165, 1.54) is 4.90 Å². The Morgan fingerprint density at radius 3 is 2.13 bits per heavy atom. The molecular formula is C31H28N2O5. The Morgan fingerprint density at radius 1 is 0.842 bits per heavy atom. The summed E-state index contributed by atoms with van der Waals surface area (Å²) >= 11 is 0. The second kappa shape index (κ2) is 10.8. The molecule has 1 aliphatic rings. The van der Waals surface area contributed by atoms with E-state index >= 15 is 0 Å². The number of para-hydroxylation sites is 2. The van der Waals surface area contributed by atoms with E-state index in [1.807, 2.05) is 55.5 Å². The third-order valence-corrected chi connectivity index (χ3v) is 6.66. The molecule has 192 valence electrons. The summed E-state index contributed by atoms with van der Waals surface area (Å²) in [6.45, 7) is 2.78. The molecule has 3 amide bonds. The number of amides is 3. The van der Waals surface area contributed by atoms with Crippen molar-refractivity contribution in [2.75, 3.05) is 31.7 Å². The lowest BCUT2D eigenvalue weighted by molar-refractivity contribution is 0.0610. The van der Waals surface area contributed by atoms with Gasteiger partial charge in [-0.2, -0.15) is 0 Å². The number of carbonyl (C=O) groups is 3. The summed E-state index contributed by atoms with van der Waals surface area (Å²) in [5.41, 5.74) is 2.15. The molecule has 0 atom stereocenters. The number of hydrogen-bond acceptors (Lipinski definition) is 5. The zero-order valence-corrected chi connectivity index (χ0v) is 21.3. The molecule has 7 heteroatoms. The largest absolute Gasteiger partial charge is 0.497 e. The molecule has 0 aliphatic carbocycles. The molecule has 0 spiro atoms. The van der Waals surface area contributed by atoms with Gasteiger partial charge in [0.05, 0.1) is 19.4 Å². The van der Waals surface area contributed by atoms with Crippen molar-refractivity contribution in [2.45, 2.75) is 13.3 Å². The van der Waals surface area contributed by atoms with Crippen LogP contribution in [0.3, 0.4) is 0 Å². The van der Waals surface area contributed by atoms with Gasteiger partial charge in [0.1, 0.15) is 11.5 Å². The quantitative estimate of drug-likeness (QED) is 0.276. The van der Waals surface area contributed by atoms with Crippen LogP contribution in [-0.4, -0.2) is 49.4 Å². The van der Waals surface area contributed by atoms with Gasteiger partial charge in [-0.05, 0) is 67.3 Å². The van der Waals surface area contributed by atoms with Crippen LogP contribution in [0.5, 0.6) is 11.5 Å². The first kappa shape index (κ1) is 25.0. The van der Waals surface area contributed by atoms with E-state index in [0.29, 0.717) is 52.3 Å². The predicted molar refractivity (Wildman–Crippen MR) is 146 cm³/mol. The average molecular weight is 509 g/mol. The van der Waals surface area contributed by atoms with Crippen LogP contribution in [0.2, 0.25) is 0 Å². The molecule has 7 nitrogen and oxygen atoms in total. The molecule has 0 bridgehead atoms. The lowest BCUT2D eigenvalue weighted by Crippen LogP contribution is -2.42. The van der Waals surface area contributed by atoms with Gasteiger partial charge in [0.15, 0.2) is 0 Å². The fourth-order valence-corrected chi connectivity index (χ4v) is 4.85. The number of benzene rings is 4. The van der Waals surface area contributed by atoms with Crippen molar-refractivity contribution >= 4 is 34.2 Å². The molecule has 5 rings (SSSR count). The molecule has 38 heavy (non-hydrogen) atoms. The molecule has 4 aromatic rings. The molecule has 0 saturated heterocycles. The Kier molecular flexibility index (Phi) is 7.09. The third kappa shape index (κ3) is 4.59. The van der Waals surface area contributed by atoms with Gasteiger partial charge in [0.2, 0.25) is 0 Å². The average Bonchev–Trinajstić information content (AvgIpc) is 2.96. The fraction of sp³-hybridized carbons (Fsp3) is 0.194. The Morgan fingerprint density at radius 2 is 1.50 bits per heavy atom. The van der Waals surface area contributed by atoms with Crippen molar-refractivity contribution in [2.24, 2.45) is 0 Å². The molecule has 1 aliphatic heterocycles. The topological polar surface area (TPSA) is 76.2 Å².